The zero-order valence-electron chi connectivity index (χ0n) is 16.1. The molecular weight excluding hydrogens is 391 g/mol. The zero-order chi connectivity index (χ0) is 21.2. The van der Waals surface area contributed by atoms with E-state index in [4.69, 9.17) is 14.4 Å². The second-order valence-electron chi connectivity index (χ2n) is 7.47. The van der Waals surface area contributed by atoms with Crippen LogP contribution in [0, 0.1) is 19.3 Å². The Morgan fingerprint density at radius 1 is 1.24 bits per heavy atom. The number of carboxylic acids is 1. The highest BCUT2D eigenvalue weighted by molar-refractivity contribution is 5.73. The first-order chi connectivity index (χ1) is 13.6. The molecule has 2 fully saturated rings. The number of carboxylic acid groups (broad SMARTS) is 1. The number of nitrogens with zero attached hydrogens (tertiary/aromatic N) is 5. The Bertz CT molecular complexity index is 831. The Balaban J connectivity index is 0.000000298. The number of likely N-dealkylation sites (tertiary alicyclic amines) is 1. The maximum atomic E-state index is 10.6. The van der Waals surface area contributed by atoms with Crippen molar-refractivity contribution in [2.75, 3.05) is 31.1 Å². The van der Waals surface area contributed by atoms with Crippen molar-refractivity contribution in [2.24, 2.45) is 5.41 Å². The summed E-state index contributed by atoms with van der Waals surface area (Å²) in [6.45, 7) is 9.37. The molecule has 29 heavy (non-hydrogen) atoms. The largest absolute Gasteiger partial charge is 0.490 e. The summed E-state index contributed by atoms with van der Waals surface area (Å²) < 4.78 is 37.0. The third-order valence-corrected chi connectivity index (χ3v) is 5.20. The van der Waals surface area contributed by atoms with Crippen molar-refractivity contribution in [3.05, 3.63) is 35.5 Å². The van der Waals surface area contributed by atoms with Crippen molar-refractivity contribution in [3.63, 3.8) is 0 Å². The number of hydrogen-bond donors (Lipinski definition) is 1. The van der Waals surface area contributed by atoms with Gasteiger partial charge in [0.05, 0.1) is 5.69 Å². The number of aromatic nitrogens is 3. The van der Waals surface area contributed by atoms with Crippen LogP contribution in [-0.2, 0) is 11.3 Å². The number of anilines is 1. The monoisotopic (exact) mass is 413 g/mol. The molecule has 0 bridgehead atoms. The summed E-state index contributed by atoms with van der Waals surface area (Å²) in [6, 6.07) is 1.87. The molecule has 2 aromatic heterocycles. The summed E-state index contributed by atoms with van der Waals surface area (Å²) in [5, 5.41) is 11.2. The maximum Gasteiger partial charge on any atom is 0.490 e. The standard InChI is InChI=1S/C16H21N5O.C2HF3O2/c1-12-14(13(2)22-19-12)8-20-9-16(10-20)4-7-21(11-16)15-17-5-3-6-18-15;3-2(4,5)1(6)7/h3,5-6H,4,7-11H2,1-2H3;(H,6,7). The van der Waals surface area contributed by atoms with E-state index in [1.165, 1.54) is 12.0 Å². The molecule has 11 heteroatoms. The van der Waals surface area contributed by atoms with Gasteiger partial charge < -0.3 is 14.5 Å². The lowest BCUT2D eigenvalue weighted by molar-refractivity contribution is -0.192. The molecule has 0 radical (unpaired) electrons. The van der Waals surface area contributed by atoms with Gasteiger partial charge in [-0.25, -0.2) is 14.8 Å². The van der Waals surface area contributed by atoms with Crippen molar-refractivity contribution in [1.82, 2.24) is 20.0 Å². The third-order valence-electron chi connectivity index (χ3n) is 5.20. The number of alkyl halides is 3. The van der Waals surface area contributed by atoms with E-state index in [-0.39, 0.29) is 0 Å². The maximum absolute atomic E-state index is 10.6. The second-order valence-corrected chi connectivity index (χ2v) is 7.47. The summed E-state index contributed by atoms with van der Waals surface area (Å²) in [4.78, 5) is 22.4. The van der Waals surface area contributed by atoms with E-state index in [9.17, 15) is 13.2 Å². The first-order valence-electron chi connectivity index (χ1n) is 9.06. The lowest BCUT2D eigenvalue weighted by atomic mass is 9.79. The van der Waals surface area contributed by atoms with Crippen molar-refractivity contribution in [2.45, 2.75) is 33.0 Å². The van der Waals surface area contributed by atoms with Crippen molar-refractivity contribution in [3.8, 4) is 0 Å². The molecule has 2 aliphatic rings. The minimum absolute atomic E-state index is 0.415. The molecule has 2 aromatic rings. The number of hydrogen-bond acceptors (Lipinski definition) is 7. The minimum Gasteiger partial charge on any atom is -0.475 e. The lowest BCUT2D eigenvalue weighted by Gasteiger charge is -2.48. The Kier molecular flexibility index (Phi) is 5.78. The fourth-order valence-electron chi connectivity index (χ4n) is 3.78. The van der Waals surface area contributed by atoms with Gasteiger partial charge in [0.2, 0.25) is 5.95 Å². The van der Waals surface area contributed by atoms with Gasteiger partial charge in [-0.2, -0.15) is 13.2 Å². The Morgan fingerprint density at radius 2 is 1.86 bits per heavy atom. The highest BCUT2D eigenvalue weighted by Crippen LogP contribution is 2.41. The normalized spacial score (nSPS) is 18.3. The van der Waals surface area contributed by atoms with Crippen LogP contribution in [0.1, 0.15) is 23.4 Å². The molecule has 0 unspecified atom stereocenters. The fraction of sp³-hybridized carbons (Fsp3) is 0.556. The van der Waals surface area contributed by atoms with Crippen LogP contribution in [0.3, 0.4) is 0 Å². The first kappa shape index (κ1) is 21.0. The van der Waals surface area contributed by atoms with Gasteiger partial charge >= 0.3 is 12.1 Å². The Hall–Kier alpha value is -2.69. The van der Waals surface area contributed by atoms with Crippen molar-refractivity contribution in [1.29, 1.82) is 0 Å². The molecule has 0 saturated carbocycles. The number of aliphatic carboxylic acids is 1. The Labute approximate surface area is 165 Å². The van der Waals surface area contributed by atoms with E-state index in [0.717, 1.165) is 50.1 Å². The predicted octanol–water partition coefficient (Wildman–Crippen LogP) is 2.43. The lowest BCUT2D eigenvalue weighted by Crippen LogP contribution is -2.57. The van der Waals surface area contributed by atoms with Gasteiger partial charge in [0, 0.05) is 56.1 Å². The quantitative estimate of drug-likeness (QED) is 0.820. The number of carbonyl (C=O) groups is 1. The van der Waals surface area contributed by atoms with Gasteiger partial charge in [0.15, 0.2) is 0 Å². The molecule has 8 nitrogen and oxygen atoms in total. The SMILES string of the molecule is Cc1noc(C)c1CN1CC2(CCN(c3ncccn3)C2)C1.O=C(O)C(F)(F)F. The summed E-state index contributed by atoms with van der Waals surface area (Å²) >= 11 is 0. The molecule has 158 valence electrons. The number of aryl methyl sites for hydroxylation is 2. The third kappa shape index (κ3) is 4.84. The van der Waals surface area contributed by atoms with Crippen molar-refractivity contribution < 1.29 is 27.6 Å². The van der Waals surface area contributed by atoms with E-state index < -0.39 is 12.1 Å². The van der Waals surface area contributed by atoms with Crippen LogP contribution in [0.15, 0.2) is 23.0 Å². The molecular formula is C18H22F3N5O3. The Morgan fingerprint density at radius 3 is 2.38 bits per heavy atom. The zero-order valence-corrected chi connectivity index (χ0v) is 16.1. The molecule has 0 aromatic carbocycles. The van der Waals surface area contributed by atoms with E-state index >= 15 is 0 Å². The van der Waals surface area contributed by atoms with Crippen LogP contribution in [0.4, 0.5) is 19.1 Å². The van der Waals surface area contributed by atoms with Crippen LogP contribution in [0.25, 0.3) is 0 Å². The van der Waals surface area contributed by atoms with E-state index in [0.29, 0.717) is 5.41 Å². The molecule has 1 N–H and O–H groups in total. The van der Waals surface area contributed by atoms with Gasteiger partial charge in [-0.05, 0) is 26.3 Å². The number of rotatable bonds is 3. The fourth-order valence-corrected chi connectivity index (χ4v) is 3.78. The molecule has 4 rings (SSSR count). The van der Waals surface area contributed by atoms with Gasteiger partial charge in [0.1, 0.15) is 5.76 Å². The second kappa shape index (κ2) is 7.97. The first-order valence-corrected chi connectivity index (χ1v) is 9.06. The molecule has 0 atom stereocenters. The molecule has 0 aliphatic carbocycles. The molecule has 1 spiro atoms. The van der Waals surface area contributed by atoms with E-state index in [2.05, 4.69) is 24.9 Å². The van der Waals surface area contributed by atoms with Gasteiger partial charge in [-0.15, -0.1) is 0 Å². The van der Waals surface area contributed by atoms with Crippen LogP contribution in [0.2, 0.25) is 0 Å². The number of halogens is 3. The predicted molar refractivity (Wildman–Crippen MR) is 96.2 cm³/mol. The average Bonchev–Trinajstić information content (AvgIpc) is 3.21. The van der Waals surface area contributed by atoms with Gasteiger partial charge in [-0.1, -0.05) is 5.16 Å². The molecule has 0 amide bonds. The topological polar surface area (TPSA) is 95.6 Å². The van der Waals surface area contributed by atoms with Crippen LogP contribution in [0.5, 0.6) is 0 Å². The highest BCUT2D eigenvalue weighted by atomic mass is 19.4. The average molecular weight is 413 g/mol. The van der Waals surface area contributed by atoms with E-state index in [1.807, 2.05) is 32.3 Å². The van der Waals surface area contributed by atoms with Crippen LogP contribution in [-0.4, -0.2) is 63.5 Å². The van der Waals surface area contributed by atoms with E-state index in [1.54, 1.807) is 0 Å². The molecule has 2 saturated heterocycles. The summed E-state index contributed by atoms with van der Waals surface area (Å²) in [6.07, 6.45) is -0.223. The molecule has 4 heterocycles. The summed E-state index contributed by atoms with van der Waals surface area (Å²) in [5.74, 6) is -0.944. The molecule has 2 aliphatic heterocycles. The van der Waals surface area contributed by atoms with Crippen LogP contribution >= 0.6 is 0 Å². The van der Waals surface area contributed by atoms with Crippen molar-refractivity contribution >= 4 is 11.9 Å². The highest BCUT2D eigenvalue weighted by Gasteiger charge is 2.48. The summed E-state index contributed by atoms with van der Waals surface area (Å²) in [5.41, 5.74) is 2.68. The smallest absolute Gasteiger partial charge is 0.475 e. The minimum atomic E-state index is -5.08. The summed E-state index contributed by atoms with van der Waals surface area (Å²) in [7, 11) is 0. The van der Waals surface area contributed by atoms with Crippen LogP contribution < -0.4 is 4.90 Å². The van der Waals surface area contributed by atoms with Gasteiger partial charge in [0.25, 0.3) is 0 Å². The van der Waals surface area contributed by atoms with Gasteiger partial charge in [-0.3, -0.25) is 4.90 Å².